The number of thiophene rings is 1. The highest BCUT2D eigenvalue weighted by atomic mass is 79.9. The third kappa shape index (κ3) is 3.81. The van der Waals surface area contributed by atoms with Crippen LogP contribution in [-0.2, 0) is 4.74 Å². The number of carbonyl (C=O) groups is 2. The number of amides is 1. The Labute approximate surface area is 157 Å². The average molecular weight is 416 g/mol. The number of methoxy groups -OCH3 is 1. The fourth-order valence-corrected chi connectivity index (χ4v) is 3.58. The highest BCUT2D eigenvalue weighted by Crippen LogP contribution is 2.36. The smallest absolute Gasteiger partial charge is 0.341 e. The molecule has 1 heterocycles. The minimum atomic E-state index is -0.480. The molecule has 0 unspecified atom stereocenters. The molecule has 0 aliphatic heterocycles. The molecule has 0 saturated carbocycles. The number of benzene rings is 2. The summed E-state index contributed by atoms with van der Waals surface area (Å²) in [5, 5.41) is 5.13. The molecular weight excluding hydrogens is 402 g/mol. The zero-order chi connectivity index (χ0) is 17.8. The molecule has 3 aromatic rings. The Morgan fingerprint density at radius 1 is 1.04 bits per heavy atom. The van der Waals surface area contributed by atoms with Gasteiger partial charge in [0.2, 0.25) is 0 Å². The number of carbonyl (C=O) groups excluding carboxylic acids is 2. The molecule has 0 aliphatic carbocycles. The molecule has 0 bridgehead atoms. The van der Waals surface area contributed by atoms with Crippen LogP contribution < -0.4 is 5.32 Å². The predicted molar refractivity (Wildman–Crippen MR) is 103 cm³/mol. The first-order valence-electron chi connectivity index (χ1n) is 7.42. The molecule has 4 nitrogen and oxygen atoms in total. The van der Waals surface area contributed by atoms with Crippen molar-refractivity contribution in [3.63, 3.8) is 0 Å². The SMILES string of the molecule is COC(=O)c1c(-c2ccccc2)csc1NC(=O)c1ccc(Br)cc1. The van der Waals surface area contributed by atoms with Crippen molar-refractivity contribution in [3.8, 4) is 11.1 Å². The Morgan fingerprint density at radius 2 is 1.72 bits per heavy atom. The number of hydrogen-bond acceptors (Lipinski definition) is 4. The van der Waals surface area contributed by atoms with Crippen LogP contribution >= 0.6 is 27.3 Å². The third-order valence-corrected chi connectivity index (χ3v) is 5.02. The van der Waals surface area contributed by atoms with Crippen LogP contribution in [0.3, 0.4) is 0 Å². The second-order valence-corrected chi connectivity index (χ2v) is 6.97. The van der Waals surface area contributed by atoms with E-state index in [-0.39, 0.29) is 5.91 Å². The van der Waals surface area contributed by atoms with Gasteiger partial charge in [0.05, 0.1) is 7.11 Å². The second-order valence-electron chi connectivity index (χ2n) is 5.17. The fraction of sp³-hybridized carbons (Fsp3) is 0.0526. The maximum absolute atomic E-state index is 12.5. The molecule has 0 atom stereocenters. The fourth-order valence-electron chi connectivity index (χ4n) is 2.36. The van der Waals surface area contributed by atoms with Gasteiger partial charge in [-0.3, -0.25) is 4.79 Å². The van der Waals surface area contributed by atoms with Crippen LogP contribution in [0.1, 0.15) is 20.7 Å². The lowest BCUT2D eigenvalue weighted by Crippen LogP contribution is -2.14. The predicted octanol–water partition coefficient (Wildman–Crippen LogP) is 5.22. The molecule has 1 aromatic heterocycles. The monoisotopic (exact) mass is 415 g/mol. The number of halogens is 1. The van der Waals surface area contributed by atoms with Gasteiger partial charge < -0.3 is 10.1 Å². The van der Waals surface area contributed by atoms with Gasteiger partial charge in [-0.05, 0) is 29.8 Å². The molecule has 1 amide bonds. The normalized spacial score (nSPS) is 10.3. The van der Waals surface area contributed by atoms with Crippen molar-refractivity contribution in [1.82, 2.24) is 0 Å². The number of anilines is 1. The van der Waals surface area contributed by atoms with Crippen molar-refractivity contribution in [3.05, 3.63) is 75.6 Å². The van der Waals surface area contributed by atoms with Crippen LogP contribution in [-0.4, -0.2) is 19.0 Å². The molecule has 0 spiro atoms. The minimum Gasteiger partial charge on any atom is -0.465 e. The summed E-state index contributed by atoms with van der Waals surface area (Å²) >= 11 is 4.64. The van der Waals surface area contributed by atoms with E-state index in [9.17, 15) is 9.59 Å². The molecule has 1 N–H and O–H groups in total. The first-order valence-corrected chi connectivity index (χ1v) is 9.09. The number of nitrogens with one attached hydrogen (secondary N) is 1. The van der Waals surface area contributed by atoms with Crippen LogP contribution in [0.4, 0.5) is 5.00 Å². The largest absolute Gasteiger partial charge is 0.465 e. The molecule has 0 fully saturated rings. The summed E-state index contributed by atoms with van der Waals surface area (Å²) in [5.74, 6) is -0.759. The zero-order valence-electron chi connectivity index (χ0n) is 13.3. The Morgan fingerprint density at radius 3 is 2.36 bits per heavy atom. The molecule has 25 heavy (non-hydrogen) atoms. The van der Waals surface area contributed by atoms with Gasteiger partial charge in [-0.1, -0.05) is 46.3 Å². The summed E-state index contributed by atoms with van der Waals surface area (Å²) in [6.07, 6.45) is 0. The Bertz CT molecular complexity index is 904. The van der Waals surface area contributed by atoms with Gasteiger partial charge in [0.15, 0.2) is 0 Å². The highest BCUT2D eigenvalue weighted by Gasteiger charge is 2.22. The van der Waals surface area contributed by atoms with Crippen molar-refractivity contribution >= 4 is 44.1 Å². The van der Waals surface area contributed by atoms with E-state index in [1.54, 1.807) is 24.3 Å². The third-order valence-electron chi connectivity index (χ3n) is 3.60. The second kappa shape index (κ2) is 7.63. The van der Waals surface area contributed by atoms with Gasteiger partial charge in [0, 0.05) is 21.0 Å². The lowest BCUT2D eigenvalue weighted by Gasteiger charge is -2.08. The summed E-state index contributed by atoms with van der Waals surface area (Å²) in [6.45, 7) is 0. The van der Waals surface area contributed by atoms with E-state index in [1.807, 2.05) is 35.7 Å². The van der Waals surface area contributed by atoms with E-state index in [4.69, 9.17) is 4.74 Å². The van der Waals surface area contributed by atoms with Crippen LogP contribution in [0.15, 0.2) is 64.5 Å². The quantitative estimate of drug-likeness (QED) is 0.594. The molecule has 0 radical (unpaired) electrons. The summed E-state index contributed by atoms with van der Waals surface area (Å²) < 4.78 is 5.80. The summed E-state index contributed by atoms with van der Waals surface area (Å²) in [6, 6.07) is 16.5. The van der Waals surface area contributed by atoms with Crippen molar-refractivity contribution in [2.45, 2.75) is 0 Å². The van der Waals surface area contributed by atoms with Crippen molar-refractivity contribution in [2.24, 2.45) is 0 Å². The maximum atomic E-state index is 12.5. The van der Waals surface area contributed by atoms with Gasteiger partial charge >= 0.3 is 5.97 Å². The minimum absolute atomic E-state index is 0.279. The summed E-state index contributed by atoms with van der Waals surface area (Å²) in [5.41, 5.74) is 2.50. The Balaban J connectivity index is 1.96. The van der Waals surface area contributed by atoms with Crippen LogP contribution in [0.5, 0.6) is 0 Å². The van der Waals surface area contributed by atoms with Crippen LogP contribution in [0.25, 0.3) is 11.1 Å². The van der Waals surface area contributed by atoms with Crippen molar-refractivity contribution < 1.29 is 14.3 Å². The first kappa shape index (κ1) is 17.4. The summed E-state index contributed by atoms with van der Waals surface area (Å²) in [4.78, 5) is 24.7. The van der Waals surface area contributed by atoms with Crippen molar-refractivity contribution in [2.75, 3.05) is 12.4 Å². The molecule has 126 valence electrons. The molecular formula is C19H14BrNO3S. The zero-order valence-corrected chi connectivity index (χ0v) is 15.7. The van der Waals surface area contributed by atoms with Gasteiger partial charge in [-0.15, -0.1) is 11.3 Å². The highest BCUT2D eigenvalue weighted by molar-refractivity contribution is 9.10. The summed E-state index contributed by atoms with van der Waals surface area (Å²) in [7, 11) is 1.33. The van der Waals surface area contributed by atoms with E-state index in [0.717, 1.165) is 15.6 Å². The average Bonchev–Trinajstić information content (AvgIpc) is 3.05. The Hall–Kier alpha value is -2.44. The van der Waals surface area contributed by atoms with Gasteiger partial charge in [0.1, 0.15) is 10.6 Å². The molecule has 3 rings (SSSR count). The standard InChI is InChI=1S/C19H14BrNO3S/c1-24-19(23)16-15(12-5-3-2-4-6-12)11-25-18(16)21-17(22)13-7-9-14(20)10-8-13/h2-11H,1H3,(H,21,22). The van der Waals surface area contributed by atoms with Gasteiger partial charge in [-0.25, -0.2) is 4.79 Å². The molecule has 6 heteroatoms. The molecule has 0 aliphatic rings. The maximum Gasteiger partial charge on any atom is 0.341 e. The van der Waals surface area contributed by atoms with E-state index in [0.29, 0.717) is 16.1 Å². The molecule has 0 saturated heterocycles. The lowest BCUT2D eigenvalue weighted by molar-refractivity contribution is 0.0603. The van der Waals surface area contributed by atoms with Crippen LogP contribution in [0, 0.1) is 0 Å². The van der Waals surface area contributed by atoms with Gasteiger partial charge in [-0.2, -0.15) is 0 Å². The lowest BCUT2D eigenvalue weighted by atomic mass is 10.0. The van der Waals surface area contributed by atoms with E-state index in [2.05, 4.69) is 21.2 Å². The topological polar surface area (TPSA) is 55.4 Å². The van der Waals surface area contributed by atoms with E-state index >= 15 is 0 Å². The number of rotatable bonds is 4. The van der Waals surface area contributed by atoms with E-state index < -0.39 is 5.97 Å². The number of esters is 1. The van der Waals surface area contributed by atoms with Crippen molar-refractivity contribution in [1.29, 1.82) is 0 Å². The van der Waals surface area contributed by atoms with Gasteiger partial charge in [0.25, 0.3) is 5.91 Å². The Kier molecular flexibility index (Phi) is 5.31. The van der Waals surface area contributed by atoms with Crippen LogP contribution in [0.2, 0.25) is 0 Å². The first-order chi connectivity index (χ1) is 12.1. The molecule has 2 aromatic carbocycles. The number of ether oxygens (including phenoxy) is 1. The number of hydrogen-bond donors (Lipinski definition) is 1. The van der Waals surface area contributed by atoms with E-state index in [1.165, 1.54) is 18.4 Å².